The van der Waals surface area contributed by atoms with Gasteiger partial charge in [-0.05, 0) is 48.9 Å². The number of benzene rings is 3. The maximum atomic E-state index is 13.4. The summed E-state index contributed by atoms with van der Waals surface area (Å²) in [6.07, 6.45) is 2.31. The zero-order valence-electron chi connectivity index (χ0n) is 20.8. The van der Waals surface area contributed by atoms with Crippen molar-refractivity contribution in [3.8, 4) is 11.5 Å². The molecule has 37 heavy (non-hydrogen) atoms. The fourth-order valence-corrected chi connectivity index (χ4v) is 4.07. The Morgan fingerprint density at radius 3 is 2.68 bits per heavy atom. The van der Waals surface area contributed by atoms with Gasteiger partial charge in [0.25, 0.3) is 11.5 Å². The number of nitrogens with one attached hydrogen (secondary N) is 1. The second-order valence-electron chi connectivity index (χ2n) is 8.38. The molecule has 1 amide bonds. The average Bonchev–Trinajstić information content (AvgIpc) is 2.91. The second kappa shape index (κ2) is 11.8. The van der Waals surface area contributed by atoms with Crippen molar-refractivity contribution in [2.45, 2.75) is 26.2 Å². The second-order valence-corrected chi connectivity index (χ2v) is 9.30. The summed E-state index contributed by atoms with van der Waals surface area (Å²) in [5.41, 5.74) is 1.56. The van der Waals surface area contributed by atoms with E-state index >= 15 is 0 Å². The molecule has 0 saturated heterocycles. The molecule has 0 aliphatic carbocycles. The number of aromatic nitrogens is 2. The monoisotopic (exact) mass is 562 g/mol. The van der Waals surface area contributed by atoms with Gasteiger partial charge in [0.15, 0.2) is 18.1 Å². The first-order chi connectivity index (χ1) is 17.9. The Morgan fingerprint density at radius 2 is 1.95 bits per heavy atom. The van der Waals surface area contributed by atoms with Gasteiger partial charge in [-0.2, -0.15) is 9.78 Å². The van der Waals surface area contributed by atoms with Gasteiger partial charge in [-0.15, -0.1) is 0 Å². The summed E-state index contributed by atoms with van der Waals surface area (Å²) in [7, 11) is 1.52. The predicted octanol–water partition coefficient (Wildman–Crippen LogP) is 5.58. The molecule has 0 aliphatic rings. The number of hydrogen-bond acceptors (Lipinski definition) is 6. The number of amides is 1. The Kier molecular flexibility index (Phi) is 8.35. The number of para-hydroxylation sites is 2. The molecule has 9 heteroatoms. The maximum absolute atomic E-state index is 13.4. The number of halogens is 1. The largest absolute Gasteiger partial charge is 0.493 e. The normalized spacial score (nSPS) is 12.0. The third kappa shape index (κ3) is 6.06. The van der Waals surface area contributed by atoms with E-state index in [1.54, 1.807) is 36.4 Å². The Hall–Kier alpha value is -3.98. The summed E-state index contributed by atoms with van der Waals surface area (Å²) in [6.45, 7) is 3.80. The van der Waals surface area contributed by atoms with Crippen LogP contribution in [0, 0.1) is 0 Å². The summed E-state index contributed by atoms with van der Waals surface area (Å²) < 4.78 is 13.4. The van der Waals surface area contributed by atoms with E-state index in [1.807, 2.05) is 44.2 Å². The highest BCUT2D eigenvalue weighted by Crippen LogP contribution is 2.30. The highest BCUT2D eigenvalue weighted by molar-refractivity contribution is 9.10. The Bertz CT molecular complexity index is 1500. The van der Waals surface area contributed by atoms with Crippen LogP contribution in [0.5, 0.6) is 11.5 Å². The van der Waals surface area contributed by atoms with Crippen LogP contribution in [0.3, 0.4) is 0 Å². The quantitative estimate of drug-likeness (QED) is 0.269. The third-order valence-electron chi connectivity index (χ3n) is 5.83. The van der Waals surface area contributed by atoms with Crippen molar-refractivity contribution in [3.63, 3.8) is 0 Å². The molecule has 8 nitrogen and oxygen atoms in total. The lowest BCUT2D eigenvalue weighted by Gasteiger charge is -2.15. The van der Waals surface area contributed by atoms with Gasteiger partial charge in [0.1, 0.15) is 5.82 Å². The number of nitrogens with zero attached hydrogens (tertiary/aromatic N) is 3. The smallest absolute Gasteiger partial charge is 0.282 e. The molecule has 0 radical (unpaired) electrons. The molecule has 190 valence electrons. The first kappa shape index (κ1) is 26.1. The van der Waals surface area contributed by atoms with Crippen molar-refractivity contribution in [1.82, 2.24) is 9.66 Å². The van der Waals surface area contributed by atoms with Gasteiger partial charge in [-0.3, -0.25) is 9.59 Å². The number of carbonyl (C=O) groups excluding carboxylic acids is 1. The molecule has 0 unspecified atom stereocenters. The third-order valence-corrected chi connectivity index (χ3v) is 6.33. The van der Waals surface area contributed by atoms with Crippen LogP contribution in [0.15, 0.2) is 81.1 Å². The van der Waals surface area contributed by atoms with E-state index < -0.39 is 0 Å². The van der Waals surface area contributed by atoms with Crippen molar-refractivity contribution in [1.29, 1.82) is 0 Å². The van der Waals surface area contributed by atoms with Gasteiger partial charge < -0.3 is 14.8 Å². The van der Waals surface area contributed by atoms with E-state index in [2.05, 4.69) is 26.3 Å². The van der Waals surface area contributed by atoms with Gasteiger partial charge in [-0.25, -0.2) is 4.98 Å². The van der Waals surface area contributed by atoms with Crippen molar-refractivity contribution < 1.29 is 14.3 Å². The van der Waals surface area contributed by atoms with Crippen molar-refractivity contribution >= 4 is 44.6 Å². The number of ether oxygens (including phenoxy) is 2. The lowest BCUT2D eigenvalue weighted by Crippen LogP contribution is -2.24. The number of hydrogen-bond donors (Lipinski definition) is 1. The van der Waals surface area contributed by atoms with E-state index in [-0.39, 0.29) is 24.0 Å². The lowest BCUT2D eigenvalue weighted by atomic mass is 10.1. The van der Waals surface area contributed by atoms with Gasteiger partial charge in [-0.1, -0.05) is 54.0 Å². The molecule has 0 saturated carbocycles. The Morgan fingerprint density at radius 1 is 1.16 bits per heavy atom. The van der Waals surface area contributed by atoms with Gasteiger partial charge in [0, 0.05) is 21.6 Å². The molecule has 1 atom stereocenters. The van der Waals surface area contributed by atoms with Gasteiger partial charge in [0.05, 0.1) is 24.2 Å². The minimum Gasteiger partial charge on any atom is -0.493 e. The van der Waals surface area contributed by atoms with E-state index in [0.717, 1.165) is 10.9 Å². The summed E-state index contributed by atoms with van der Waals surface area (Å²) in [5, 5.41) is 7.76. The van der Waals surface area contributed by atoms with Crippen LogP contribution in [0.4, 0.5) is 5.69 Å². The van der Waals surface area contributed by atoms with Crippen LogP contribution in [0.1, 0.15) is 37.6 Å². The van der Waals surface area contributed by atoms with Crippen LogP contribution < -0.4 is 20.3 Å². The molecule has 4 aromatic rings. The van der Waals surface area contributed by atoms with Crippen LogP contribution in [0.2, 0.25) is 0 Å². The zero-order chi connectivity index (χ0) is 26.4. The topological polar surface area (TPSA) is 94.8 Å². The number of anilines is 1. The number of rotatable bonds is 9. The minimum absolute atomic E-state index is 0.000564. The first-order valence-corrected chi connectivity index (χ1v) is 12.6. The molecule has 0 bridgehead atoms. The fourth-order valence-electron chi connectivity index (χ4n) is 3.70. The molecular formula is C28H27BrN4O4. The zero-order valence-corrected chi connectivity index (χ0v) is 22.4. The highest BCUT2D eigenvalue weighted by atomic mass is 79.9. The Balaban J connectivity index is 1.68. The van der Waals surface area contributed by atoms with E-state index in [0.29, 0.717) is 39.5 Å². The van der Waals surface area contributed by atoms with Crippen LogP contribution in [-0.2, 0) is 4.79 Å². The summed E-state index contributed by atoms with van der Waals surface area (Å²) >= 11 is 3.43. The number of fused-ring (bicyclic) bond motifs is 1. The molecule has 0 fully saturated rings. The van der Waals surface area contributed by atoms with E-state index in [4.69, 9.17) is 14.5 Å². The fraction of sp³-hybridized carbons (Fsp3) is 0.214. The number of methoxy groups -OCH3 is 1. The molecule has 1 aromatic heterocycles. The molecular weight excluding hydrogens is 536 g/mol. The first-order valence-electron chi connectivity index (χ1n) is 11.8. The van der Waals surface area contributed by atoms with Crippen LogP contribution >= 0.6 is 15.9 Å². The molecule has 0 spiro atoms. The van der Waals surface area contributed by atoms with E-state index in [9.17, 15) is 9.59 Å². The molecule has 0 aliphatic heterocycles. The van der Waals surface area contributed by atoms with Crippen molar-refractivity contribution in [2.75, 3.05) is 19.0 Å². The minimum atomic E-state index is -0.320. The van der Waals surface area contributed by atoms with E-state index in [1.165, 1.54) is 18.0 Å². The lowest BCUT2D eigenvalue weighted by molar-refractivity contribution is -0.118. The van der Waals surface area contributed by atoms with Gasteiger partial charge in [0.2, 0.25) is 0 Å². The van der Waals surface area contributed by atoms with Gasteiger partial charge >= 0.3 is 0 Å². The van der Waals surface area contributed by atoms with Crippen LogP contribution in [0.25, 0.3) is 10.9 Å². The molecule has 3 aromatic carbocycles. The Labute approximate surface area is 223 Å². The van der Waals surface area contributed by atoms with Crippen molar-refractivity contribution in [3.05, 3.63) is 92.9 Å². The standard InChI is InChI=1S/C28H27BrN4O4/c1-4-18(2)27-32-23-14-13-20(29)15-22(23)28(35)33(27)30-16-19-9-8-12-24(36-3)26(19)37-17-25(34)31-21-10-6-5-7-11-21/h5-16,18H,4,17H2,1-3H3,(H,31,34)/t18-/m0/s1. The summed E-state index contributed by atoms with van der Waals surface area (Å²) in [6, 6.07) is 19.8. The maximum Gasteiger partial charge on any atom is 0.282 e. The number of carbonyl (C=O) groups is 1. The summed E-state index contributed by atoms with van der Waals surface area (Å²) in [5.74, 6) is 1.02. The highest BCUT2D eigenvalue weighted by Gasteiger charge is 2.17. The predicted molar refractivity (Wildman–Crippen MR) is 149 cm³/mol. The van der Waals surface area contributed by atoms with Crippen molar-refractivity contribution in [2.24, 2.45) is 5.10 Å². The SMILES string of the molecule is CC[C@H](C)c1nc2ccc(Br)cc2c(=O)n1N=Cc1cccc(OC)c1OCC(=O)Nc1ccccc1. The molecule has 4 rings (SSSR count). The molecule has 1 N–H and O–H groups in total. The molecule has 1 heterocycles. The summed E-state index contributed by atoms with van der Waals surface area (Å²) in [4.78, 5) is 30.6. The average molecular weight is 563 g/mol. The van der Waals surface area contributed by atoms with Crippen LogP contribution in [-0.4, -0.2) is 35.5 Å².